The molecule has 2 heterocycles. The average molecular weight is 324 g/mol. The van der Waals surface area contributed by atoms with Gasteiger partial charge in [0.05, 0.1) is 0 Å². The van der Waals surface area contributed by atoms with E-state index in [1.807, 2.05) is 6.07 Å². The van der Waals surface area contributed by atoms with Gasteiger partial charge < -0.3 is 20.4 Å². The summed E-state index contributed by atoms with van der Waals surface area (Å²) in [5.74, 6) is 0.478. The van der Waals surface area contributed by atoms with Gasteiger partial charge in [-0.05, 0) is 30.8 Å². The van der Waals surface area contributed by atoms with E-state index in [4.69, 9.17) is 0 Å². The molecular weight excluding hydrogens is 296 g/mol. The third kappa shape index (κ3) is 6.34. The molecule has 1 saturated heterocycles. The Bertz CT molecular complexity index is 429. The third-order valence-corrected chi connectivity index (χ3v) is 4.95. The first-order valence-electron chi connectivity index (χ1n) is 8.08. The second kappa shape index (κ2) is 9.12. The number of nitrogens with one attached hydrogen (secondary N) is 2. The lowest BCUT2D eigenvalue weighted by Crippen LogP contribution is -2.47. The summed E-state index contributed by atoms with van der Waals surface area (Å²) in [5.41, 5.74) is 0. The molecule has 0 bridgehead atoms. The Hall–Kier alpha value is -1.11. The molecule has 1 unspecified atom stereocenters. The molecule has 0 saturated carbocycles. The molecule has 2 amide bonds. The second-order valence-electron chi connectivity index (χ2n) is 6.18. The van der Waals surface area contributed by atoms with Crippen molar-refractivity contribution in [2.75, 3.05) is 52.9 Å². The van der Waals surface area contributed by atoms with Crippen molar-refractivity contribution in [3.63, 3.8) is 0 Å². The fourth-order valence-electron chi connectivity index (χ4n) is 2.62. The summed E-state index contributed by atoms with van der Waals surface area (Å²) >= 11 is 1.73. The van der Waals surface area contributed by atoms with E-state index in [9.17, 15) is 4.79 Å². The molecule has 1 aliphatic heterocycles. The summed E-state index contributed by atoms with van der Waals surface area (Å²) in [6.07, 6.45) is 0.905. The molecule has 1 aromatic heterocycles. The van der Waals surface area contributed by atoms with Crippen LogP contribution in [0.5, 0.6) is 0 Å². The van der Waals surface area contributed by atoms with Crippen LogP contribution < -0.4 is 10.6 Å². The molecule has 6 heteroatoms. The van der Waals surface area contributed by atoms with Crippen LogP contribution in [0, 0.1) is 5.92 Å². The largest absolute Gasteiger partial charge is 0.338 e. The maximum atomic E-state index is 11.8. The Morgan fingerprint density at radius 2 is 2.09 bits per heavy atom. The maximum absolute atomic E-state index is 11.8. The number of carbonyl (C=O) groups is 1. The second-order valence-corrected chi connectivity index (χ2v) is 7.21. The monoisotopic (exact) mass is 324 g/mol. The van der Waals surface area contributed by atoms with Gasteiger partial charge in [-0.2, -0.15) is 0 Å². The minimum absolute atomic E-state index is 0.0539. The molecule has 2 N–H and O–H groups in total. The predicted molar refractivity (Wildman–Crippen MR) is 92.5 cm³/mol. The van der Waals surface area contributed by atoms with Gasteiger partial charge in [-0.15, -0.1) is 11.3 Å². The Balaban J connectivity index is 1.53. The van der Waals surface area contributed by atoms with Crippen molar-refractivity contribution in [3.8, 4) is 0 Å². The normalized spacial score (nSPS) is 18.1. The predicted octanol–water partition coefficient (Wildman–Crippen LogP) is 1.47. The molecule has 0 radical (unpaired) electrons. The third-order valence-electron chi connectivity index (χ3n) is 4.01. The van der Waals surface area contributed by atoms with Crippen LogP contribution in [0.1, 0.15) is 11.8 Å². The molecule has 1 aromatic rings. The molecule has 1 aliphatic rings. The number of likely N-dealkylation sites (N-methyl/N-ethyl adjacent to an activating group) is 1. The number of amides is 2. The van der Waals surface area contributed by atoms with Gasteiger partial charge in [-0.1, -0.05) is 13.0 Å². The van der Waals surface area contributed by atoms with Gasteiger partial charge in [0.25, 0.3) is 0 Å². The van der Waals surface area contributed by atoms with Crippen molar-refractivity contribution in [2.45, 2.75) is 13.3 Å². The van der Waals surface area contributed by atoms with Crippen LogP contribution in [-0.4, -0.2) is 68.7 Å². The SMILES string of the molecule is CC(CNC(=O)NCCc1cccs1)CN1CCN(C)CC1. The Kier molecular flexibility index (Phi) is 7.15. The van der Waals surface area contributed by atoms with E-state index in [1.54, 1.807) is 11.3 Å². The highest BCUT2D eigenvalue weighted by atomic mass is 32.1. The molecule has 2 rings (SSSR count). The minimum Gasteiger partial charge on any atom is -0.338 e. The highest BCUT2D eigenvalue weighted by Crippen LogP contribution is 2.08. The lowest BCUT2D eigenvalue weighted by molar-refractivity contribution is 0.138. The van der Waals surface area contributed by atoms with Crippen molar-refractivity contribution in [2.24, 2.45) is 5.92 Å². The summed E-state index contributed by atoms with van der Waals surface area (Å²) in [4.78, 5) is 17.9. The summed E-state index contributed by atoms with van der Waals surface area (Å²) in [6, 6.07) is 4.09. The van der Waals surface area contributed by atoms with E-state index in [2.05, 4.69) is 45.9 Å². The zero-order valence-electron chi connectivity index (χ0n) is 13.7. The van der Waals surface area contributed by atoms with Gasteiger partial charge in [0.2, 0.25) is 0 Å². The standard InChI is InChI=1S/C16H28N4OS/c1-14(13-20-9-7-19(2)8-10-20)12-18-16(21)17-6-5-15-4-3-11-22-15/h3-4,11,14H,5-10,12-13H2,1-2H3,(H2,17,18,21). The van der Waals surface area contributed by atoms with Crippen LogP contribution in [0.25, 0.3) is 0 Å². The van der Waals surface area contributed by atoms with Gasteiger partial charge >= 0.3 is 6.03 Å². The zero-order chi connectivity index (χ0) is 15.8. The fourth-order valence-corrected chi connectivity index (χ4v) is 3.33. The van der Waals surface area contributed by atoms with Gasteiger partial charge in [-0.25, -0.2) is 4.79 Å². The highest BCUT2D eigenvalue weighted by Gasteiger charge is 2.16. The molecular formula is C16H28N4OS. The van der Waals surface area contributed by atoms with Crippen LogP contribution in [0.4, 0.5) is 4.79 Å². The Morgan fingerprint density at radius 3 is 2.77 bits per heavy atom. The van der Waals surface area contributed by atoms with Crippen LogP contribution >= 0.6 is 11.3 Å². The fraction of sp³-hybridized carbons (Fsp3) is 0.688. The van der Waals surface area contributed by atoms with Gasteiger partial charge in [0, 0.05) is 50.7 Å². The summed E-state index contributed by atoms with van der Waals surface area (Å²) < 4.78 is 0. The summed E-state index contributed by atoms with van der Waals surface area (Å²) in [6.45, 7) is 9.23. The number of hydrogen-bond donors (Lipinski definition) is 2. The van der Waals surface area contributed by atoms with E-state index >= 15 is 0 Å². The van der Waals surface area contributed by atoms with Crippen molar-refractivity contribution >= 4 is 17.4 Å². The first-order valence-corrected chi connectivity index (χ1v) is 8.96. The first-order chi connectivity index (χ1) is 10.6. The maximum Gasteiger partial charge on any atom is 0.314 e. The van der Waals surface area contributed by atoms with Crippen LogP contribution in [0.3, 0.4) is 0 Å². The van der Waals surface area contributed by atoms with Crippen molar-refractivity contribution < 1.29 is 4.79 Å². The number of hydrogen-bond acceptors (Lipinski definition) is 4. The quantitative estimate of drug-likeness (QED) is 0.798. The minimum atomic E-state index is -0.0539. The number of urea groups is 1. The van der Waals surface area contributed by atoms with E-state index in [1.165, 1.54) is 4.88 Å². The Labute approximate surface area is 137 Å². The lowest BCUT2D eigenvalue weighted by Gasteiger charge is -2.33. The molecule has 1 atom stereocenters. The number of thiophene rings is 1. The highest BCUT2D eigenvalue weighted by molar-refractivity contribution is 7.09. The van der Waals surface area contributed by atoms with Gasteiger partial charge in [0.15, 0.2) is 0 Å². The van der Waals surface area contributed by atoms with Crippen molar-refractivity contribution in [1.29, 1.82) is 0 Å². The van der Waals surface area contributed by atoms with E-state index < -0.39 is 0 Å². The molecule has 0 aliphatic carbocycles. The van der Waals surface area contributed by atoms with Crippen LogP contribution in [0.15, 0.2) is 17.5 Å². The van der Waals surface area contributed by atoms with Crippen LogP contribution in [0.2, 0.25) is 0 Å². The first kappa shape index (κ1) is 17.2. The summed E-state index contributed by atoms with van der Waals surface area (Å²) in [5, 5.41) is 7.96. The Morgan fingerprint density at radius 1 is 1.32 bits per heavy atom. The molecule has 22 heavy (non-hydrogen) atoms. The van der Waals surface area contributed by atoms with Crippen molar-refractivity contribution in [3.05, 3.63) is 22.4 Å². The van der Waals surface area contributed by atoms with E-state index in [0.29, 0.717) is 12.5 Å². The average Bonchev–Trinajstić information content (AvgIpc) is 3.01. The zero-order valence-corrected chi connectivity index (χ0v) is 14.5. The molecule has 0 spiro atoms. The molecule has 0 aromatic carbocycles. The van der Waals surface area contributed by atoms with Gasteiger partial charge in [0.1, 0.15) is 0 Å². The van der Waals surface area contributed by atoms with Crippen molar-refractivity contribution in [1.82, 2.24) is 20.4 Å². The number of carbonyl (C=O) groups excluding carboxylic acids is 1. The number of rotatable bonds is 7. The number of nitrogens with zero attached hydrogens (tertiary/aromatic N) is 2. The lowest BCUT2D eigenvalue weighted by atomic mass is 10.1. The topological polar surface area (TPSA) is 47.6 Å². The number of piperazine rings is 1. The molecule has 5 nitrogen and oxygen atoms in total. The molecule has 1 fully saturated rings. The van der Waals surface area contributed by atoms with E-state index in [-0.39, 0.29) is 6.03 Å². The van der Waals surface area contributed by atoms with Crippen LogP contribution in [-0.2, 0) is 6.42 Å². The van der Waals surface area contributed by atoms with Gasteiger partial charge in [-0.3, -0.25) is 0 Å². The summed E-state index contributed by atoms with van der Waals surface area (Å²) in [7, 11) is 2.17. The van der Waals surface area contributed by atoms with E-state index in [0.717, 1.165) is 45.7 Å². The smallest absolute Gasteiger partial charge is 0.314 e. The molecule has 124 valence electrons.